The van der Waals surface area contributed by atoms with Crippen LogP contribution in [0.2, 0.25) is 0 Å². The minimum Gasteiger partial charge on any atom is -0.493 e. The molecule has 2 atom stereocenters. The summed E-state index contributed by atoms with van der Waals surface area (Å²) >= 11 is 0. The molecule has 0 bridgehead atoms. The fourth-order valence-corrected chi connectivity index (χ4v) is 4.49. The lowest BCUT2D eigenvalue weighted by molar-refractivity contribution is -0.138. The van der Waals surface area contributed by atoms with Crippen LogP contribution in [0.15, 0.2) is 18.2 Å². The Bertz CT molecular complexity index is 907. The molecule has 1 saturated heterocycles. The summed E-state index contributed by atoms with van der Waals surface area (Å²) < 4.78 is 18.9. The predicted molar refractivity (Wildman–Crippen MR) is 115 cm³/mol. The van der Waals surface area contributed by atoms with Crippen molar-refractivity contribution in [2.24, 2.45) is 0 Å². The van der Waals surface area contributed by atoms with Gasteiger partial charge in [-0.2, -0.15) is 5.10 Å². The van der Waals surface area contributed by atoms with Gasteiger partial charge in [0.2, 0.25) is 5.91 Å². The highest BCUT2D eigenvalue weighted by Crippen LogP contribution is 2.39. The second-order valence-corrected chi connectivity index (χ2v) is 8.28. The van der Waals surface area contributed by atoms with Gasteiger partial charge in [-0.25, -0.2) is 9.67 Å². The van der Waals surface area contributed by atoms with Crippen molar-refractivity contribution in [2.75, 3.05) is 20.8 Å². The van der Waals surface area contributed by atoms with Crippen LogP contribution < -0.4 is 14.8 Å². The van der Waals surface area contributed by atoms with Gasteiger partial charge < -0.3 is 19.5 Å². The molecular weight excluding hydrogens is 396 g/mol. The molecule has 0 spiro atoms. The summed E-state index contributed by atoms with van der Waals surface area (Å²) in [7, 11) is 3.21. The van der Waals surface area contributed by atoms with Gasteiger partial charge in [-0.1, -0.05) is 32.3 Å². The zero-order chi connectivity index (χ0) is 21.8. The van der Waals surface area contributed by atoms with Crippen LogP contribution in [0.3, 0.4) is 0 Å². The molecule has 1 saturated carbocycles. The minimum absolute atomic E-state index is 0.00779. The highest BCUT2D eigenvalue weighted by Gasteiger charge is 2.37. The molecule has 2 heterocycles. The van der Waals surface area contributed by atoms with E-state index in [9.17, 15) is 4.79 Å². The smallest absolute Gasteiger partial charge is 0.246 e. The van der Waals surface area contributed by atoms with Gasteiger partial charge in [0.25, 0.3) is 0 Å². The summed E-state index contributed by atoms with van der Waals surface area (Å²) in [6, 6.07) is 5.27. The van der Waals surface area contributed by atoms with E-state index >= 15 is 0 Å². The first-order valence-corrected chi connectivity index (χ1v) is 11.2. The fourth-order valence-electron chi connectivity index (χ4n) is 4.49. The van der Waals surface area contributed by atoms with Crippen LogP contribution in [-0.2, 0) is 16.1 Å². The number of nitrogens with one attached hydrogen (secondary N) is 1. The highest BCUT2D eigenvalue weighted by molar-refractivity contribution is 5.78. The quantitative estimate of drug-likeness (QED) is 0.690. The maximum absolute atomic E-state index is 12.2. The fraction of sp³-hybridized carbons (Fsp3) is 0.609. The molecule has 1 N–H and O–H groups in total. The average molecular weight is 429 g/mol. The lowest BCUT2D eigenvalue weighted by Gasteiger charge is -2.32. The van der Waals surface area contributed by atoms with E-state index in [4.69, 9.17) is 24.3 Å². The zero-order valence-electron chi connectivity index (χ0n) is 18.6. The number of benzene rings is 1. The summed E-state index contributed by atoms with van der Waals surface area (Å²) in [5, 5.41) is 7.97. The van der Waals surface area contributed by atoms with E-state index in [1.807, 2.05) is 22.9 Å². The lowest BCUT2D eigenvalue weighted by Crippen LogP contribution is -2.42. The lowest BCUT2D eigenvalue weighted by atomic mass is 9.98. The third-order valence-corrected chi connectivity index (χ3v) is 6.19. The summed E-state index contributed by atoms with van der Waals surface area (Å²) in [6.45, 7) is 2.96. The Hall–Kier alpha value is -2.61. The third-order valence-electron chi connectivity index (χ3n) is 6.19. The molecule has 1 amide bonds. The molecule has 168 valence electrons. The molecule has 31 heavy (non-hydrogen) atoms. The number of aryl methyl sites for hydroxylation is 1. The number of ether oxygens (including phenoxy) is 3. The molecular formula is C23H32N4O4. The van der Waals surface area contributed by atoms with Crippen molar-refractivity contribution < 1.29 is 19.0 Å². The van der Waals surface area contributed by atoms with Crippen molar-refractivity contribution in [3.05, 3.63) is 35.4 Å². The Morgan fingerprint density at radius 1 is 1.19 bits per heavy atom. The van der Waals surface area contributed by atoms with E-state index < -0.39 is 6.10 Å². The largest absolute Gasteiger partial charge is 0.493 e. The number of nitrogens with zero attached hydrogens (tertiary/aromatic N) is 3. The molecule has 2 fully saturated rings. The first-order chi connectivity index (χ1) is 15.1. The second kappa shape index (κ2) is 9.68. The van der Waals surface area contributed by atoms with Gasteiger partial charge in [0.15, 0.2) is 23.1 Å². The standard InChI is InChI=1S/C23H32N4O4/c1-4-5-12-27-23(25-22(26-27)15-8-6-7-9-15)21-20(24-19(28)14-31-21)16-10-11-17(29-2)18(13-16)30-3/h10-11,13,15,20-21H,4-9,12,14H2,1-3H3,(H,24,28)/t20-,21+/m1/s1. The monoisotopic (exact) mass is 428 g/mol. The van der Waals surface area contributed by atoms with Gasteiger partial charge >= 0.3 is 0 Å². The van der Waals surface area contributed by atoms with Gasteiger partial charge in [0.05, 0.1) is 20.3 Å². The molecule has 4 rings (SSSR count). The first kappa shape index (κ1) is 21.6. The molecule has 8 heteroatoms. The summed E-state index contributed by atoms with van der Waals surface area (Å²) in [5.74, 6) is 3.22. The molecule has 2 aliphatic rings. The maximum Gasteiger partial charge on any atom is 0.246 e. The zero-order valence-corrected chi connectivity index (χ0v) is 18.6. The number of rotatable bonds is 8. The SMILES string of the molecule is CCCCn1nc(C2CCCC2)nc1[C@H]1OCC(=O)N[C@@H]1c1ccc(OC)c(OC)c1. The molecule has 1 aromatic heterocycles. The predicted octanol–water partition coefficient (Wildman–Crippen LogP) is 3.68. The molecule has 1 aliphatic heterocycles. The van der Waals surface area contributed by atoms with Crippen LogP contribution in [0.5, 0.6) is 11.5 Å². The summed E-state index contributed by atoms with van der Waals surface area (Å²) in [4.78, 5) is 17.2. The van der Waals surface area contributed by atoms with Gasteiger partial charge in [-0.15, -0.1) is 0 Å². The Labute approximate surface area is 183 Å². The van der Waals surface area contributed by atoms with Gasteiger partial charge in [-0.3, -0.25) is 4.79 Å². The van der Waals surface area contributed by atoms with Crippen LogP contribution in [0, 0.1) is 0 Å². The first-order valence-electron chi connectivity index (χ1n) is 11.2. The Morgan fingerprint density at radius 3 is 2.68 bits per heavy atom. The number of unbranched alkanes of at least 4 members (excludes halogenated alkanes) is 1. The Balaban J connectivity index is 1.71. The number of methoxy groups -OCH3 is 2. The van der Waals surface area contributed by atoms with Crippen molar-refractivity contribution in [1.82, 2.24) is 20.1 Å². The van der Waals surface area contributed by atoms with E-state index in [0.29, 0.717) is 17.4 Å². The molecule has 8 nitrogen and oxygen atoms in total. The number of hydrogen-bond donors (Lipinski definition) is 1. The number of morpholine rings is 1. The molecule has 1 aromatic carbocycles. The van der Waals surface area contributed by atoms with E-state index in [-0.39, 0.29) is 18.6 Å². The van der Waals surface area contributed by atoms with Gasteiger partial charge in [0.1, 0.15) is 12.7 Å². The molecule has 1 aliphatic carbocycles. The minimum atomic E-state index is -0.421. The van der Waals surface area contributed by atoms with Gasteiger partial charge in [0, 0.05) is 12.5 Å². The van der Waals surface area contributed by atoms with Crippen LogP contribution in [0.25, 0.3) is 0 Å². The van der Waals surface area contributed by atoms with E-state index in [2.05, 4.69) is 12.2 Å². The van der Waals surface area contributed by atoms with Crippen LogP contribution in [0.4, 0.5) is 0 Å². The summed E-state index contributed by atoms with van der Waals surface area (Å²) in [6.07, 6.45) is 6.40. The van der Waals surface area contributed by atoms with Crippen LogP contribution in [-0.4, -0.2) is 41.5 Å². The number of carbonyl (C=O) groups excluding carboxylic acids is 1. The van der Waals surface area contributed by atoms with E-state index in [1.165, 1.54) is 12.8 Å². The van der Waals surface area contributed by atoms with Crippen molar-refractivity contribution >= 4 is 5.91 Å². The van der Waals surface area contributed by atoms with E-state index in [1.54, 1.807) is 14.2 Å². The number of aromatic nitrogens is 3. The third kappa shape index (κ3) is 4.54. The Morgan fingerprint density at radius 2 is 1.97 bits per heavy atom. The van der Waals surface area contributed by atoms with Crippen molar-refractivity contribution in [3.63, 3.8) is 0 Å². The molecule has 2 aromatic rings. The summed E-state index contributed by atoms with van der Waals surface area (Å²) in [5.41, 5.74) is 0.878. The van der Waals surface area contributed by atoms with E-state index in [0.717, 1.165) is 49.4 Å². The topological polar surface area (TPSA) is 87.5 Å². The second-order valence-electron chi connectivity index (χ2n) is 8.28. The van der Waals surface area contributed by atoms with Crippen LogP contribution >= 0.6 is 0 Å². The van der Waals surface area contributed by atoms with Gasteiger partial charge in [-0.05, 0) is 37.0 Å². The normalized spacial score (nSPS) is 21.8. The molecule has 0 radical (unpaired) electrons. The number of carbonyl (C=O) groups is 1. The number of amides is 1. The van der Waals surface area contributed by atoms with Crippen molar-refractivity contribution in [1.29, 1.82) is 0 Å². The Kier molecular flexibility index (Phi) is 6.75. The highest BCUT2D eigenvalue weighted by atomic mass is 16.5. The number of hydrogen-bond acceptors (Lipinski definition) is 6. The van der Waals surface area contributed by atoms with Crippen LogP contribution in [0.1, 0.15) is 80.7 Å². The maximum atomic E-state index is 12.2. The average Bonchev–Trinajstić information content (AvgIpc) is 3.47. The van der Waals surface area contributed by atoms with Crippen molar-refractivity contribution in [3.8, 4) is 11.5 Å². The van der Waals surface area contributed by atoms with Crippen molar-refractivity contribution in [2.45, 2.75) is 70.1 Å². The molecule has 0 unspecified atom stereocenters.